The van der Waals surface area contributed by atoms with Gasteiger partial charge >= 0.3 is 0 Å². The number of anilines is 1. The number of rotatable bonds is 5. The molecule has 3 heteroatoms. The Bertz CT molecular complexity index is 555. The van der Waals surface area contributed by atoms with Crippen LogP contribution in [-0.4, -0.2) is 19.0 Å². The highest BCUT2D eigenvalue weighted by atomic mass is 16.3. The molecule has 2 rings (SSSR count). The minimum atomic E-state index is 0.243. The highest BCUT2D eigenvalue weighted by Gasteiger charge is 2.12. The number of benzene rings is 1. The second-order valence-electron chi connectivity index (χ2n) is 5.67. The Kier molecular flexibility index (Phi) is 4.50. The van der Waals surface area contributed by atoms with Gasteiger partial charge in [-0.25, -0.2) is 0 Å². The van der Waals surface area contributed by atoms with Crippen LogP contribution < -0.4 is 5.32 Å². The van der Waals surface area contributed by atoms with Gasteiger partial charge < -0.3 is 14.6 Å². The molecule has 108 valence electrons. The van der Waals surface area contributed by atoms with Crippen LogP contribution in [-0.2, 0) is 6.54 Å². The van der Waals surface area contributed by atoms with E-state index in [1.165, 1.54) is 11.1 Å². The van der Waals surface area contributed by atoms with E-state index in [-0.39, 0.29) is 6.04 Å². The largest absolute Gasteiger partial charge is 0.466 e. The molecule has 0 saturated carbocycles. The van der Waals surface area contributed by atoms with Gasteiger partial charge in [-0.3, -0.25) is 0 Å². The van der Waals surface area contributed by atoms with Gasteiger partial charge in [-0.2, -0.15) is 0 Å². The van der Waals surface area contributed by atoms with Crippen molar-refractivity contribution in [2.24, 2.45) is 0 Å². The molecule has 0 saturated heterocycles. The van der Waals surface area contributed by atoms with Gasteiger partial charge in [0, 0.05) is 17.8 Å². The highest BCUT2D eigenvalue weighted by molar-refractivity contribution is 5.47. The summed E-state index contributed by atoms with van der Waals surface area (Å²) in [5.41, 5.74) is 3.68. The van der Waals surface area contributed by atoms with Crippen LogP contribution in [0.2, 0.25) is 0 Å². The molecule has 1 N–H and O–H groups in total. The van der Waals surface area contributed by atoms with E-state index in [4.69, 9.17) is 4.42 Å². The Hall–Kier alpha value is -1.74. The van der Waals surface area contributed by atoms with Crippen LogP contribution in [0, 0.1) is 13.8 Å². The molecule has 0 aliphatic heterocycles. The summed E-state index contributed by atoms with van der Waals surface area (Å²) >= 11 is 0. The molecule has 1 unspecified atom stereocenters. The Balaban J connectivity index is 2.04. The number of hydrogen-bond donors (Lipinski definition) is 1. The molecule has 2 aromatic rings. The molecule has 0 fully saturated rings. The Morgan fingerprint density at radius 1 is 1.15 bits per heavy atom. The maximum absolute atomic E-state index is 5.59. The van der Waals surface area contributed by atoms with E-state index < -0.39 is 0 Å². The molecule has 3 nitrogen and oxygen atoms in total. The maximum Gasteiger partial charge on any atom is 0.106 e. The maximum atomic E-state index is 5.59. The van der Waals surface area contributed by atoms with Gasteiger partial charge in [0.2, 0.25) is 0 Å². The van der Waals surface area contributed by atoms with Gasteiger partial charge in [0.05, 0.1) is 6.04 Å². The summed E-state index contributed by atoms with van der Waals surface area (Å²) in [6.07, 6.45) is 0. The molecule has 1 aromatic carbocycles. The number of aryl methyl sites for hydroxylation is 2. The van der Waals surface area contributed by atoms with Gasteiger partial charge in [0.1, 0.15) is 11.5 Å². The molecular formula is C17H24N2O. The van der Waals surface area contributed by atoms with Crippen LogP contribution in [0.5, 0.6) is 0 Å². The fourth-order valence-electron chi connectivity index (χ4n) is 2.48. The monoisotopic (exact) mass is 272 g/mol. The summed E-state index contributed by atoms with van der Waals surface area (Å²) in [5, 5.41) is 3.52. The molecule has 0 spiro atoms. The van der Waals surface area contributed by atoms with Gasteiger partial charge in [-0.1, -0.05) is 12.1 Å². The quantitative estimate of drug-likeness (QED) is 0.887. The Morgan fingerprint density at radius 2 is 1.80 bits per heavy atom. The second-order valence-corrected chi connectivity index (χ2v) is 5.67. The number of nitrogens with one attached hydrogen (secondary N) is 1. The molecule has 0 bridgehead atoms. The van der Waals surface area contributed by atoms with Crippen LogP contribution in [0.3, 0.4) is 0 Å². The molecule has 0 amide bonds. The third kappa shape index (κ3) is 3.64. The van der Waals surface area contributed by atoms with Crippen molar-refractivity contribution < 1.29 is 4.42 Å². The summed E-state index contributed by atoms with van der Waals surface area (Å²) in [7, 11) is 4.16. The lowest BCUT2D eigenvalue weighted by Gasteiger charge is -2.16. The number of nitrogens with zero attached hydrogens (tertiary/aromatic N) is 1. The van der Waals surface area contributed by atoms with Crippen LogP contribution in [0.25, 0.3) is 0 Å². The van der Waals surface area contributed by atoms with E-state index in [1.54, 1.807) is 0 Å². The fourth-order valence-corrected chi connectivity index (χ4v) is 2.48. The summed E-state index contributed by atoms with van der Waals surface area (Å²) < 4.78 is 5.59. The van der Waals surface area contributed by atoms with Gasteiger partial charge in [-0.15, -0.1) is 0 Å². The van der Waals surface area contributed by atoms with Gasteiger partial charge in [-0.05, 0) is 58.6 Å². The van der Waals surface area contributed by atoms with E-state index >= 15 is 0 Å². The molecule has 0 radical (unpaired) electrons. The first kappa shape index (κ1) is 14.7. The lowest BCUT2D eigenvalue weighted by atomic mass is 10.1. The van der Waals surface area contributed by atoms with Crippen molar-refractivity contribution in [1.82, 2.24) is 4.90 Å². The molecule has 0 aliphatic carbocycles. The zero-order valence-electron chi connectivity index (χ0n) is 13.0. The van der Waals surface area contributed by atoms with Crippen LogP contribution in [0.15, 0.2) is 34.7 Å². The van der Waals surface area contributed by atoms with Crippen LogP contribution in [0.4, 0.5) is 5.69 Å². The second kappa shape index (κ2) is 6.14. The van der Waals surface area contributed by atoms with Crippen molar-refractivity contribution in [3.63, 3.8) is 0 Å². The first-order valence-corrected chi connectivity index (χ1v) is 7.03. The molecular weight excluding hydrogens is 248 g/mol. The van der Waals surface area contributed by atoms with E-state index in [9.17, 15) is 0 Å². The van der Waals surface area contributed by atoms with Crippen molar-refractivity contribution in [2.75, 3.05) is 19.4 Å². The normalized spacial score (nSPS) is 12.7. The third-order valence-electron chi connectivity index (χ3n) is 3.38. The molecule has 1 atom stereocenters. The van der Waals surface area contributed by atoms with Crippen molar-refractivity contribution in [3.05, 3.63) is 53.0 Å². The summed E-state index contributed by atoms with van der Waals surface area (Å²) in [6.45, 7) is 7.13. The predicted octanol–water partition coefficient (Wildman–Crippen LogP) is 4.13. The van der Waals surface area contributed by atoms with Crippen molar-refractivity contribution in [1.29, 1.82) is 0 Å². The van der Waals surface area contributed by atoms with Crippen LogP contribution >= 0.6 is 0 Å². The van der Waals surface area contributed by atoms with E-state index in [1.807, 2.05) is 13.8 Å². The molecule has 20 heavy (non-hydrogen) atoms. The first-order chi connectivity index (χ1) is 9.45. The zero-order chi connectivity index (χ0) is 14.7. The van der Waals surface area contributed by atoms with E-state index in [0.717, 1.165) is 23.8 Å². The number of hydrogen-bond acceptors (Lipinski definition) is 3. The predicted molar refractivity (Wildman–Crippen MR) is 84.1 cm³/mol. The molecule has 0 aliphatic rings. The smallest absolute Gasteiger partial charge is 0.106 e. The standard InChI is InChI=1S/C17H24N2O/c1-12-10-17(14(3)20-12)13(2)18-16-8-6-15(7-9-16)11-19(4)5/h6-10,13,18H,11H2,1-5H3. The van der Waals surface area contributed by atoms with Gasteiger partial charge in [0.25, 0.3) is 0 Å². The fraction of sp³-hybridized carbons (Fsp3) is 0.412. The Labute approximate surface area is 121 Å². The van der Waals surface area contributed by atoms with Crippen molar-refractivity contribution in [2.45, 2.75) is 33.4 Å². The minimum Gasteiger partial charge on any atom is -0.466 e. The molecule has 1 heterocycles. The van der Waals surface area contributed by atoms with E-state index in [2.05, 4.69) is 61.6 Å². The van der Waals surface area contributed by atoms with Crippen LogP contribution in [0.1, 0.15) is 35.6 Å². The molecule has 1 aromatic heterocycles. The summed E-state index contributed by atoms with van der Waals surface area (Å²) in [6, 6.07) is 11.0. The first-order valence-electron chi connectivity index (χ1n) is 7.03. The number of furan rings is 1. The average molecular weight is 272 g/mol. The lowest BCUT2D eigenvalue weighted by Crippen LogP contribution is -2.11. The van der Waals surface area contributed by atoms with E-state index in [0.29, 0.717) is 0 Å². The Morgan fingerprint density at radius 3 is 2.30 bits per heavy atom. The SMILES string of the molecule is Cc1cc(C(C)Nc2ccc(CN(C)C)cc2)c(C)o1. The zero-order valence-corrected chi connectivity index (χ0v) is 13.0. The van der Waals surface area contributed by atoms with Gasteiger partial charge in [0.15, 0.2) is 0 Å². The summed E-state index contributed by atoms with van der Waals surface area (Å²) in [4.78, 5) is 2.17. The average Bonchev–Trinajstić information content (AvgIpc) is 2.70. The minimum absolute atomic E-state index is 0.243. The highest BCUT2D eigenvalue weighted by Crippen LogP contribution is 2.25. The lowest BCUT2D eigenvalue weighted by molar-refractivity contribution is 0.402. The summed E-state index contributed by atoms with van der Waals surface area (Å²) in [5.74, 6) is 1.96. The van der Waals surface area contributed by atoms with Crippen molar-refractivity contribution in [3.8, 4) is 0 Å². The van der Waals surface area contributed by atoms with Crippen molar-refractivity contribution >= 4 is 5.69 Å². The topological polar surface area (TPSA) is 28.4 Å². The third-order valence-corrected chi connectivity index (χ3v) is 3.38.